The number of hydrogen-bond acceptors (Lipinski definition) is 5. The molecule has 0 aliphatic carbocycles. The second kappa shape index (κ2) is 10.2. The molecule has 1 amide bonds. The molecule has 0 aliphatic heterocycles. The Morgan fingerprint density at radius 3 is 2.61 bits per heavy atom. The average molecular weight is 383 g/mol. The van der Waals surface area contributed by atoms with E-state index in [2.05, 4.69) is 5.32 Å². The molecule has 0 saturated heterocycles. The number of carbonyl (C=O) groups excluding carboxylic acids is 2. The van der Waals surface area contributed by atoms with Gasteiger partial charge >= 0.3 is 5.97 Å². The SMILES string of the molecule is CCOc1ccccc1/C=C/C(=O)O[C@@H](C)C(=O)Nc1cc(C)ccc1OC. The van der Waals surface area contributed by atoms with Crippen LogP contribution in [0.1, 0.15) is 25.0 Å². The first-order chi connectivity index (χ1) is 13.4. The second-order valence-corrected chi connectivity index (χ2v) is 6.08. The highest BCUT2D eigenvalue weighted by Crippen LogP contribution is 2.25. The molecule has 6 heteroatoms. The van der Waals surface area contributed by atoms with E-state index < -0.39 is 18.0 Å². The van der Waals surface area contributed by atoms with Crippen LogP contribution in [0.15, 0.2) is 48.5 Å². The van der Waals surface area contributed by atoms with Crippen molar-refractivity contribution in [3.05, 3.63) is 59.7 Å². The number of anilines is 1. The van der Waals surface area contributed by atoms with Crippen molar-refractivity contribution in [3.8, 4) is 11.5 Å². The number of carbonyl (C=O) groups is 2. The van der Waals surface area contributed by atoms with Crippen LogP contribution in [0.25, 0.3) is 6.08 Å². The minimum absolute atomic E-state index is 0.444. The van der Waals surface area contributed by atoms with E-state index in [0.717, 1.165) is 11.1 Å². The van der Waals surface area contributed by atoms with Gasteiger partial charge in [-0.1, -0.05) is 24.3 Å². The van der Waals surface area contributed by atoms with E-state index in [1.165, 1.54) is 20.1 Å². The number of aryl methyl sites for hydroxylation is 1. The molecule has 2 aromatic rings. The Bertz CT molecular complexity index is 860. The van der Waals surface area contributed by atoms with Gasteiger partial charge in [0.15, 0.2) is 6.10 Å². The van der Waals surface area contributed by atoms with Gasteiger partial charge in [-0.2, -0.15) is 0 Å². The van der Waals surface area contributed by atoms with Crippen LogP contribution in [0.4, 0.5) is 5.69 Å². The first kappa shape index (κ1) is 21.0. The van der Waals surface area contributed by atoms with Crippen molar-refractivity contribution in [1.82, 2.24) is 0 Å². The fourth-order valence-corrected chi connectivity index (χ4v) is 2.48. The second-order valence-electron chi connectivity index (χ2n) is 6.08. The minimum Gasteiger partial charge on any atom is -0.495 e. The maximum Gasteiger partial charge on any atom is 0.331 e. The van der Waals surface area contributed by atoms with E-state index in [-0.39, 0.29) is 0 Å². The molecular weight excluding hydrogens is 358 g/mol. The van der Waals surface area contributed by atoms with Crippen LogP contribution < -0.4 is 14.8 Å². The highest BCUT2D eigenvalue weighted by atomic mass is 16.5. The molecule has 0 spiro atoms. The van der Waals surface area contributed by atoms with E-state index in [4.69, 9.17) is 14.2 Å². The van der Waals surface area contributed by atoms with Crippen LogP contribution in [0, 0.1) is 6.92 Å². The Kier molecular flexibility index (Phi) is 7.63. The molecule has 6 nitrogen and oxygen atoms in total. The van der Waals surface area contributed by atoms with E-state index >= 15 is 0 Å². The molecule has 2 rings (SSSR count). The van der Waals surface area contributed by atoms with Gasteiger partial charge in [0.05, 0.1) is 19.4 Å². The number of nitrogens with one attached hydrogen (secondary N) is 1. The monoisotopic (exact) mass is 383 g/mol. The highest BCUT2D eigenvalue weighted by molar-refractivity contribution is 5.97. The zero-order chi connectivity index (χ0) is 20.5. The number of hydrogen-bond donors (Lipinski definition) is 1. The van der Waals surface area contributed by atoms with Crippen LogP contribution in [-0.4, -0.2) is 31.7 Å². The molecule has 0 bridgehead atoms. The number of amides is 1. The van der Waals surface area contributed by atoms with Crippen molar-refractivity contribution >= 4 is 23.6 Å². The first-order valence-electron chi connectivity index (χ1n) is 9.00. The van der Waals surface area contributed by atoms with E-state index in [1.54, 1.807) is 18.2 Å². The maximum absolute atomic E-state index is 12.4. The maximum atomic E-state index is 12.4. The average Bonchev–Trinajstić information content (AvgIpc) is 2.67. The van der Waals surface area contributed by atoms with Gasteiger partial charge in [0, 0.05) is 11.6 Å². The number of ether oxygens (including phenoxy) is 3. The number of rotatable bonds is 8. The summed E-state index contributed by atoms with van der Waals surface area (Å²) in [6.07, 6.45) is 1.90. The van der Waals surface area contributed by atoms with E-state index in [9.17, 15) is 9.59 Å². The van der Waals surface area contributed by atoms with Gasteiger partial charge in [-0.15, -0.1) is 0 Å². The van der Waals surface area contributed by atoms with Crippen molar-refractivity contribution < 1.29 is 23.8 Å². The number of esters is 1. The third kappa shape index (κ3) is 5.87. The van der Waals surface area contributed by atoms with Gasteiger partial charge in [0.1, 0.15) is 11.5 Å². The van der Waals surface area contributed by atoms with Gasteiger partial charge in [-0.25, -0.2) is 4.79 Å². The van der Waals surface area contributed by atoms with Crippen molar-refractivity contribution in [2.24, 2.45) is 0 Å². The Labute approximate surface area is 165 Å². The Morgan fingerprint density at radius 2 is 1.89 bits per heavy atom. The summed E-state index contributed by atoms with van der Waals surface area (Å²) in [5, 5.41) is 2.72. The first-order valence-corrected chi connectivity index (χ1v) is 9.00. The normalized spacial score (nSPS) is 11.7. The minimum atomic E-state index is -0.968. The molecule has 0 fully saturated rings. The number of benzene rings is 2. The lowest BCUT2D eigenvalue weighted by Crippen LogP contribution is -2.29. The van der Waals surface area contributed by atoms with Gasteiger partial charge in [0.25, 0.3) is 5.91 Å². The lowest BCUT2D eigenvalue weighted by Gasteiger charge is -2.15. The van der Waals surface area contributed by atoms with Crippen LogP contribution in [-0.2, 0) is 14.3 Å². The Morgan fingerprint density at radius 1 is 1.14 bits per heavy atom. The molecule has 0 radical (unpaired) electrons. The fourth-order valence-electron chi connectivity index (χ4n) is 2.48. The zero-order valence-electron chi connectivity index (χ0n) is 16.5. The third-order valence-corrected chi connectivity index (χ3v) is 3.89. The summed E-state index contributed by atoms with van der Waals surface area (Å²) in [5.74, 6) is 0.141. The summed E-state index contributed by atoms with van der Waals surface area (Å²) in [7, 11) is 1.52. The van der Waals surface area contributed by atoms with Crippen LogP contribution in [0.5, 0.6) is 11.5 Å². The number of para-hydroxylation sites is 1. The highest BCUT2D eigenvalue weighted by Gasteiger charge is 2.18. The smallest absolute Gasteiger partial charge is 0.331 e. The molecule has 148 valence electrons. The zero-order valence-corrected chi connectivity index (χ0v) is 16.5. The molecule has 2 aromatic carbocycles. The molecule has 1 N–H and O–H groups in total. The molecule has 0 unspecified atom stereocenters. The molecular formula is C22H25NO5. The third-order valence-electron chi connectivity index (χ3n) is 3.89. The summed E-state index contributed by atoms with van der Waals surface area (Å²) in [6, 6.07) is 12.8. The topological polar surface area (TPSA) is 73.9 Å². The summed E-state index contributed by atoms with van der Waals surface area (Å²) >= 11 is 0. The van der Waals surface area contributed by atoms with Gasteiger partial charge in [0.2, 0.25) is 0 Å². The van der Waals surface area contributed by atoms with Crippen molar-refractivity contribution in [1.29, 1.82) is 0 Å². The molecule has 28 heavy (non-hydrogen) atoms. The van der Waals surface area contributed by atoms with Crippen molar-refractivity contribution in [2.75, 3.05) is 19.0 Å². The van der Waals surface area contributed by atoms with E-state index in [1.807, 2.05) is 44.2 Å². The fraction of sp³-hybridized carbons (Fsp3) is 0.273. The van der Waals surface area contributed by atoms with Crippen molar-refractivity contribution in [2.45, 2.75) is 26.9 Å². The van der Waals surface area contributed by atoms with Gasteiger partial charge in [-0.3, -0.25) is 4.79 Å². The van der Waals surface area contributed by atoms with Crippen molar-refractivity contribution in [3.63, 3.8) is 0 Å². The predicted octanol–water partition coefficient (Wildman–Crippen LogP) is 3.99. The summed E-state index contributed by atoms with van der Waals surface area (Å²) in [5.41, 5.74) is 2.25. The summed E-state index contributed by atoms with van der Waals surface area (Å²) < 4.78 is 15.9. The predicted molar refractivity (Wildman–Crippen MR) is 109 cm³/mol. The lowest BCUT2D eigenvalue weighted by molar-refractivity contribution is -0.148. The summed E-state index contributed by atoms with van der Waals surface area (Å²) in [4.78, 5) is 24.4. The standard InChI is InChI=1S/C22H25NO5/c1-5-27-19-9-7-6-8-17(19)11-13-21(24)28-16(3)22(25)23-18-14-15(2)10-12-20(18)26-4/h6-14,16H,5H2,1-4H3,(H,23,25)/b13-11+/t16-/m0/s1. The quantitative estimate of drug-likeness (QED) is 0.551. The molecule has 0 aliphatic rings. The Hall–Kier alpha value is -3.28. The van der Waals surface area contributed by atoms with Crippen LogP contribution in [0.2, 0.25) is 0 Å². The van der Waals surface area contributed by atoms with Gasteiger partial charge in [-0.05, 0) is 50.6 Å². The summed E-state index contributed by atoms with van der Waals surface area (Å²) in [6.45, 7) is 5.83. The molecule has 0 heterocycles. The number of methoxy groups -OCH3 is 1. The van der Waals surface area contributed by atoms with E-state index in [0.29, 0.717) is 23.8 Å². The Balaban J connectivity index is 1.98. The molecule has 0 saturated carbocycles. The van der Waals surface area contributed by atoms with Crippen LogP contribution >= 0.6 is 0 Å². The van der Waals surface area contributed by atoms with Crippen LogP contribution in [0.3, 0.4) is 0 Å². The molecule has 0 aromatic heterocycles. The van der Waals surface area contributed by atoms with Gasteiger partial charge < -0.3 is 19.5 Å². The largest absolute Gasteiger partial charge is 0.495 e. The lowest BCUT2D eigenvalue weighted by atomic mass is 10.2. The molecule has 1 atom stereocenters.